The second-order valence-electron chi connectivity index (χ2n) is 5.45. The van der Waals surface area contributed by atoms with E-state index in [9.17, 15) is 0 Å². The second-order valence-corrected chi connectivity index (χ2v) is 5.45. The van der Waals surface area contributed by atoms with Crippen molar-refractivity contribution >= 4 is 0 Å². The third-order valence-electron chi connectivity index (χ3n) is 3.99. The summed E-state index contributed by atoms with van der Waals surface area (Å²) in [6.07, 6.45) is 1.87. The Balaban J connectivity index is 1.90. The van der Waals surface area contributed by atoms with Crippen LogP contribution in [0, 0.1) is 0 Å². The predicted octanol–water partition coefficient (Wildman–Crippen LogP) is 2.47. The van der Waals surface area contributed by atoms with Gasteiger partial charge in [-0.1, -0.05) is 18.2 Å². The SMILES string of the molecule is CCOc1ccc(C(c2ccccn2)N2CCNCC2)cc1. The molecule has 2 aromatic rings. The third-order valence-corrected chi connectivity index (χ3v) is 3.99. The fraction of sp³-hybridized carbons (Fsp3) is 0.389. The van der Waals surface area contributed by atoms with Gasteiger partial charge in [-0.2, -0.15) is 0 Å². The molecule has 1 aromatic heterocycles. The number of nitrogens with one attached hydrogen (secondary N) is 1. The molecule has 0 amide bonds. The van der Waals surface area contributed by atoms with Crippen LogP contribution in [-0.4, -0.2) is 42.7 Å². The Kier molecular flexibility index (Phi) is 5.03. The molecule has 4 heteroatoms. The summed E-state index contributed by atoms with van der Waals surface area (Å²) in [5.74, 6) is 0.923. The van der Waals surface area contributed by atoms with Crippen LogP contribution in [0.1, 0.15) is 24.2 Å². The molecular formula is C18H23N3O. The molecule has 3 rings (SSSR count). The summed E-state index contributed by atoms with van der Waals surface area (Å²) < 4.78 is 5.55. The largest absolute Gasteiger partial charge is 0.494 e. The Morgan fingerprint density at radius 1 is 1.14 bits per heavy atom. The van der Waals surface area contributed by atoms with Gasteiger partial charge in [-0.05, 0) is 36.8 Å². The van der Waals surface area contributed by atoms with E-state index in [1.54, 1.807) is 0 Å². The van der Waals surface area contributed by atoms with Gasteiger partial charge in [0.25, 0.3) is 0 Å². The summed E-state index contributed by atoms with van der Waals surface area (Å²) >= 11 is 0. The molecule has 4 nitrogen and oxygen atoms in total. The highest BCUT2D eigenvalue weighted by Crippen LogP contribution is 2.28. The minimum Gasteiger partial charge on any atom is -0.494 e. The van der Waals surface area contributed by atoms with E-state index in [1.807, 2.05) is 19.2 Å². The number of piperazine rings is 1. The molecule has 0 bridgehead atoms. The molecule has 0 spiro atoms. The lowest BCUT2D eigenvalue weighted by Crippen LogP contribution is -2.45. The highest BCUT2D eigenvalue weighted by atomic mass is 16.5. The van der Waals surface area contributed by atoms with Crippen molar-refractivity contribution in [1.82, 2.24) is 15.2 Å². The molecule has 1 unspecified atom stereocenters. The lowest BCUT2D eigenvalue weighted by Gasteiger charge is -2.35. The zero-order chi connectivity index (χ0) is 15.2. The van der Waals surface area contributed by atoms with Crippen LogP contribution in [0.3, 0.4) is 0 Å². The van der Waals surface area contributed by atoms with Crippen LogP contribution < -0.4 is 10.1 Å². The third kappa shape index (κ3) is 3.46. The van der Waals surface area contributed by atoms with Gasteiger partial charge in [0.15, 0.2) is 0 Å². The number of benzene rings is 1. The fourth-order valence-corrected chi connectivity index (χ4v) is 2.96. The first kappa shape index (κ1) is 15.0. The van der Waals surface area contributed by atoms with Gasteiger partial charge >= 0.3 is 0 Å². The Bertz CT molecular complexity index is 565. The first-order valence-electron chi connectivity index (χ1n) is 7.97. The zero-order valence-electron chi connectivity index (χ0n) is 13.0. The molecule has 116 valence electrons. The average Bonchev–Trinajstić information content (AvgIpc) is 2.59. The van der Waals surface area contributed by atoms with Gasteiger partial charge in [-0.25, -0.2) is 0 Å². The summed E-state index contributed by atoms with van der Waals surface area (Å²) in [4.78, 5) is 7.09. The normalized spacial score (nSPS) is 17.1. The monoisotopic (exact) mass is 297 g/mol. The van der Waals surface area contributed by atoms with Crippen molar-refractivity contribution in [3.63, 3.8) is 0 Å². The first-order valence-corrected chi connectivity index (χ1v) is 7.97. The van der Waals surface area contributed by atoms with Gasteiger partial charge in [-0.15, -0.1) is 0 Å². The van der Waals surface area contributed by atoms with E-state index in [2.05, 4.69) is 51.6 Å². The van der Waals surface area contributed by atoms with E-state index < -0.39 is 0 Å². The average molecular weight is 297 g/mol. The zero-order valence-corrected chi connectivity index (χ0v) is 13.0. The van der Waals surface area contributed by atoms with Gasteiger partial charge in [0.1, 0.15) is 5.75 Å². The van der Waals surface area contributed by atoms with Crippen molar-refractivity contribution in [2.24, 2.45) is 0 Å². The molecular weight excluding hydrogens is 274 g/mol. The minimum absolute atomic E-state index is 0.207. The summed E-state index contributed by atoms with van der Waals surface area (Å²) in [6, 6.07) is 14.8. The van der Waals surface area contributed by atoms with Crippen LogP contribution in [0.15, 0.2) is 48.7 Å². The second kappa shape index (κ2) is 7.38. The maximum atomic E-state index is 5.55. The van der Waals surface area contributed by atoms with Gasteiger partial charge in [0.2, 0.25) is 0 Å². The highest BCUT2D eigenvalue weighted by molar-refractivity contribution is 5.33. The number of aromatic nitrogens is 1. The number of hydrogen-bond donors (Lipinski definition) is 1. The molecule has 1 aromatic carbocycles. The molecule has 0 radical (unpaired) electrons. The Morgan fingerprint density at radius 2 is 1.91 bits per heavy atom. The quantitative estimate of drug-likeness (QED) is 0.920. The Hall–Kier alpha value is -1.91. The first-order chi connectivity index (χ1) is 10.9. The van der Waals surface area contributed by atoms with Crippen molar-refractivity contribution in [3.05, 3.63) is 59.9 Å². The van der Waals surface area contributed by atoms with Crippen LogP contribution in [0.5, 0.6) is 5.75 Å². The smallest absolute Gasteiger partial charge is 0.119 e. The lowest BCUT2D eigenvalue weighted by molar-refractivity contribution is 0.195. The number of nitrogens with zero attached hydrogens (tertiary/aromatic N) is 2. The van der Waals surface area contributed by atoms with E-state index in [1.165, 1.54) is 5.56 Å². The van der Waals surface area contributed by atoms with E-state index in [0.29, 0.717) is 6.61 Å². The molecule has 1 fully saturated rings. The fourth-order valence-electron chi connectivity index (χ4n) is 2.96. The van der Waals surface area contributed by atoms with Crippen molar-refractivity contribution in [1.29, 1.82) is 0 Å². The van der Waals surface area contributed by atoms with Crippen molar-refractivity contribution < 1.29 is 4.74 Å². The van der Waals surface area contributed by atoms with Gasteiger partial charge in [-0.3, -0.25) is 9.88 Å². The minimum atomic E-state index is 0.207. The number of rotatable bonds is 5. The Labute approximate surface area is 132 Å². The van der Waals surface area contributed by atoms with Crippen LogP contribution >= 0.6 is 0 Å². The summed E-state index contributed by atoms with van der Waals surface area (Å²) in [5, 5.41) is 3.42. The maximum absolute atomic E-state index is 5.55. The number of ether oxygens (including phenoxy) is 1. The van der Waals surface area contributed by atoms with E-state index in [4.69, 9.17) is 4.74 Å². The predicted molar refractivity (Wildman–Crippen MR) is 88.1 cm³/mol. The Morgan fingerprint density at radius 3 is 2.55 bits per heavy atom. The number of hydrogen-bond acceptors (Lipinski definition) is 4. The summed E-state index contributed by atoms with van der Waals surface area (Å²) in [6.45, 7) is 6.83. The molecule has 0 aliphatic carbocycles. The van der Waals surface area contributed by atoms with Crippen molar-refractivity contribution in [2.75, 3.05) is 32.8 Å². The van der Waals surface area contributed by atoms with E-state index in [0.717, 1.165) is 37.6 Å². The molecule has 1 saturated heterocycles. The topological polar surface area (TPSA) is 37.4 Å². The molecule has 1 atom stereocenters. The van der Waals surface area contributed by atoms with Crippen LogP contribution in [-0.2, 0) is 0 Å². The molecule has 1 aliphatic rings. The van der Waals surface area contributed by atoms with Gasteiger partial charge < -0.3 is 10.1 Å². The van der Waals surface area contributed by atoms with Crippen LogP contribution in [0.2, 0.25) is 0 Å². The lowest BCUT2D eigenvalue weighted by atomic mass is 10.0. The van der Waals surface area contributed by atoms with Crippen molar-refractivity contribution in [2.45, 2.75) is 13.0 Å². The van der Waals surface area contributed by atoms with E-state index in [-0.39, 0.29) is 6.04 Å². The van der Waals surface area contributed by atoms with E-state index >= 15 is 0 Å². The molecule has 1 N–H and O–H groups in total. The summed E-state index contributed by atoms with van der Waals surface area (Å²) in [5.41, 5.74) is 2.37. The van der Waals surface area contributed by atoms with Crippen LogP contribution in [0.4, 0.5) is 0 Å². The maximum Gasteiger partial charge on any atom is 0.119 e. The molecule has 22 heavy (non-hydrogen) atoms. The molecule has 2 heterocycles. The highest BCUT2D eigenvalue weighted by Gasteiger charge is 2.24. The van der Waals surface area contributed by atoms with Crippen LogP contribution in [0.25, 0.3) is 0 Å². The number of pyridine rings is 1. The molecule has 1 aliphatic heterocycles. The standard InChI is InChI=1S/C18H23N3O/c1-2-22-16-8-6-15(7-9-16)18(17-5-3-4-10-20-17)21-13-11-19-12-14-21/h3-10,18-19H,2,11-14H2,1H3. The summed E-state index contributed by atoms with van der Waals surface area (Å²) in [7, 11) is 0. The molecule has 0 saturated carbocycles. The van der Waals surface area contributed by atoms with Gasteiger partial charge in [0, 0.05) is 32.4 Å². The van der Waals surface area contributed by atoms with Crippen molar-refractivity contribution in [3.8, 4) is 5.75 Å². The van der Waals surface area contributed by atoms with Gasteiger partial charge in [0.05, 0.1) is 18.3 Å².